The van der Waals surface area contributed by atoms with E-state index in [4.69, 9.17) is 18.0 Å². The summed E-state index contributed by atoms with van der Waals surface area (Å²) < 4.78 is 0. The molecule has 4 N–H and O–H groups in total. The van der Waals surface area contributed by atoms with Gasteiger partial charge in [-0.05, 0) is 38.5 Å². The summed E-state index contributed by atoms with van der Waals surface area (Å²) in [6, 6.07) is 4.73. The number of aryl methyl sites for hydroxylation is 1. The van der Waals surface area contributed by atoms with Crippen LogP contribution in [-0.4, -0.2) is 21.5 Å². The first kappa shape index (κ1) is 13.4. The van der Waals surface area contributed by atoms with Gasteiger partial charge in [-0.15, -0.1) is 0 Å². The zero-order chi connectivity index (χ0) is 13.2. The quantitative estimate of drug-likeness (QED) is 0.713. The summed E-state index contributed by atoms with van der Waals surface area (Å²) in [5, 5.41) is 12.2. The monoisotopic (exact) mass is 252 g/mol. The molecule has 17 heavy (non-hydrogen) atoms. The summed E-state index contributed by atoms with van der Waals surface area (Å²) in [6.45, 7) is 5.21. The number of carbonyl (C=O) groups excluding carboxylic acids is 1. The number of thiocarbonyl (C=S) groups is 1. The summed E-state index contributed by atoms with van der Waals surface area (Å²) in [5.41, 5.74) is 5.85. The molecule has 0 aliphatic heterocycles. The van der Waals surface area contributed by atoms with Crippen LogP contribution in [0.5, 0.6) is 5.75 Å². The lowest BCUT2D eigenvalue weighted by atomic mass is 10.0. The van der Waals surface area contributed by atoms with Crippen LogP contribution in [0.1, 0.15) is 29.8 Å². The summed E-state index contributed by atoms with van der Waals surface area (Å²) >= 11 is 4.86. The van der Waals surface area contributed by atoms with Crippen LogP contribution in [0.25, 0.3) is 0 Å². The number of hydrogen-bond acceptors (Lipinski definition) is 3. The normalized spacial score (nSPS) is 11.0. The molecule has 0 radical (unpaired) electrons. The number of phenols is 1. The van der Waals surface area contributed by atoms with Crippen molar-refractivity contribution in [2.75, 3.05) is 0 Å². The van der Waals surface area contributed by atoms with E-state index in [1.165, 1.54) is 6.07 Å². The smallest absolute Gasteiger partial charge is 0.252 e. The Balaban J connectivity index is 2.91. The van der Waals surface area contributed by atoms with Crippen LogP contribution in [0, 0.1) is 6.92 Å². The first-order valence-electron chi connectivity index (χ1n) is 5.16. The van der Waals surface area contributed by atoms with Gasteiger partial charge in [-0.25, -0.2) is 0 Å². The second-order valence-corrected chi connectivity index (χ2v) is 4.88. The summed E-state index contributed by atoms with van der Waals surface area (Å²) in [4.78, 5) is 12.1. The van der Waals surface area contributed by atoms with Gasteiger partial charge in [0.05, 0.1) is 10.5 Å². The first-order chi connectivity index (χ1) is 7.74. The second-order valence-electron chi connectivity index (χ2n) is 4.44. The van der Waals surface area contributed by atoms with Gasteiger partial charge in [0.15, 0.2) is 0 Å². The van der Waals surface area contributed by atoms with Gasteiger partial charge in [0, 0.05) is 5.56 Å². The van der Waals surface area contributed by atoms with E-state index in [1.807, 2.05) is 0 Å². The van der Waals surface area contributed by atoms with Crippen LogP contribution < -0.4 is 11.1 Å². The molecule has 0 spiro atoms. The van der Waals surface area contributed by atoms with Crippen molar-refractivity contribution in [3.05, 3.63) is 29.3 Å². The number of aromatic hydroxyl groups is 1. The lowest BCUT2D eigenvalue weighted by Crippen LogP contribution is -2.52. The van der Waals surface area contributed by atoms with Gasteiger partial charge >= 0.3 is 0 Å². The SMILES string of the molecule is Cc1ccc(C(=O)NC(C)(C)C(N)=S)cc1O. The van der Waals surface area contributed by atoms with E-state index >= 15 is 0 Å². The Morgan fingerprint density at radius 2 is 2.06 bits per heavy atom. The molecule has 0 aliphatic rings. The fourth-order valence-corrected chi connectivity index (χ4v) is 1.22. The molecule has 0 unspecified atom stereocenters. The molecule has 0 aliphatic carbocycles. The zero-order valence-electron chi connectivity index (χ0n) is 10.1. The Morgan fingerprint density at radius 3 is 2.53 bits per heavy atom. The number of nitrogens with one attached hydrogen (secondary N) is 1. The number of benzene rings is 1. The minimum Gasteiger partial charge on any atom is -0.508 e. The van der Waals surface area contributed by atoms with E-state index in [-0.39, 0.29) is 16.6 Å². The van der Waals surface area contributed by atoms with Crippen LogP contribution in [-0.2, 0) is 0 Å². The van der Waals surface area contributed by atoms with Crippen LogP contribution >= 0.6 is 12.2 Å². The third-order valence-corrected chi connectivity index (χ3v) is 3.02. The molecule has 5 heteroatoms. The summed E-state index contributed by atoms with van der Waals surface area (Å²) in [7, 11) is 0. The Kier molecular flexibility index (Phi) is 3.72. The number of carbonyl (C=O) groups is 1. The largest absolute Gasteiger partial charge is 0.508 e. The average Bonchev–Trinajstić information content (AvgIpc) is 2.21. The van der Waals surface area contributed by atoms with Crippen molar-refractivity contribution in [2.45, 2.75) is 26.3 Å². The average molecular weight is 252 g/mol. The Bertz CT molecular complexity index is 470. The maximum atomic E-state index is 11.9. The van der Waals surface area contributed by atoms with Gasteiger partial charge in [0.1, 0.15) is 5.75 Å². The van der Waals surface area contributed by atoms with Gasteiger partial charge < -0.3 is 16.2 Å². The number of amides is 1. The fraction of sp³-hybridized carbons (Fsp3) is 0.333. The molecule has 92 valence electrons. The molecule has 0 aromatic heterocycles. The van der Waals surface area contributed by atoms with Crippen molar-refractivity contribution in [3.63, 3.8) is 0 Å². The van der Waals surface area contributed by atoms with Gasteiger partial charge in [-0.1, -0.05) is 18.3 Å². The highest BCUT2D eigenvalue weighted by Gasteiger charge is 2.24. The maximum absolute atomic E-state index is 11.9. The fourth-order valence-electron chi connectivity index (χ4n) is 1.17. The molecule has 1 aromatic rings. The predicted molar refractivity (Wildman–Crippen MR) is 71.2 cm³/mol. The van der Waals surface area contributed by atoms with Crippen LogP contribution in [0.4, 0.5) is 0 Å². The minimum absolute atomic E-state index is 0.0887. The first-order valence-corrected chi connectivity index (χ1v) is 5.57. The van der Waals surface area contributed by atoms with Crippen molar-refractivity contribution in [1.82, 2.24) is 5.32 Å². The van der Waals surface area contributed by atoms with Crippen molar-refractivity contribution < 1.29 is 9.90 Å². The van der Waals surface area contributed by atoms with Crippen molar-refractivity contribution >= 4 is 23.1 Å². The molecule has 1 rings (SSSR count). The van der Waals surface area contributed by atoms with E-state index in [1.54, 1.807) is 32.9 Å². The second kappa shape index (κ2) is 4.71. The van der Waals surface area contributed by atoms with E-state index in [9.17, 15) is 9.90 Å². The van der Waals surface area contributed by atoms with Crippen molar-refractivity contribution in [3.8, 4) is 5.75 Å². The van der Waals surface area contributed by atoms with Gasteiger partial charge in [0.25, 0.3) is 5.91 Å². The Hall–Kier alpha value is -1.62. The Morgan fingerprint density at radius 1 is 1.47 bits per heavy atom. The van der Waals surface area contributed by atoms with Crippen LogP contribution in [0.2, 0.25) is 0 Å². The zero-order valence-corrected chi connectivity index (χ0v) is 10.9. The highest BCUT2D eigenvalue weighted by molar-refractivity contribution is 7.80. The lowest BCUT2D eigenvalue weighted by molar-refractivity contribution is 0.0932. The van der Waals surface area contributed by atoms with Gasteiger partial charge in [-0.3, -0.25) is 4.79 Å². The number of phenolic OH excluding ortho intramolecular Hbond substituents is 1. The van der Waals surface area contributed by atoms with Gasteiger partial charge in [0.2, 0.25) is 0 Å². The molecule has 0 bridgehead atoms. The third kappa shape index (κ3) is 3.17. The van der Waals surface area contributed by atoms with Crippen LogP contribution in [0.3, 0.4) is 0 Å². The number of nitrogens with two attached hydrogens (primary N) is 1. The third-order valence-electron chi connectivity index (χ3n) is 2.51. The molecule has 0 atom stereocenters. The lowest BCUT2D eigenvalue weighted by Gasteiger charge is -2.24. The number of hydrogen-bond donors (Lipinski definition) is 3. The summed E-state index contributed by atoms with van der Waals surface area (Å²) in [5.74, 6) is -0.233. The van der Waals surface area contributed by atoms with E-state index in [2.05, 4.69) is 5.32 Å². The van der Waals surface area contributed by atoms with E-state index < -0.39 is 5.54 Å². The molecule has 0 heterocycles. The molecule has 4 nitrogen and oxygen atoms in total. The van der Waals surface area contributed by atoms with Gasteiger partial charge in [-0.2, -0.15) is 0 Å². The van der Waals surface area contributed by atoms with E-state index in [0.29, 0.717) is 5.56 Å². The molecular formula is C12H16N2O2S. The Labute approximate surface area is 106 Å². The highest BCUT2D eigenvalue weighted by Crippen LogP contribution is 2.18. The predicted octanol–water partition coefficient (Wildman–Crippen LogP) is 1.50. The topological polar surface area (TPSA) is 75.4 Å². The maximum Gasteiger partial charge on any atom is 0.252 e. The summed E-state index contributed by atoms with van der Waals surface area (Å²) in [6.07, 6.45) is 0. The molecular weight excluding hydrogens is 236 g/mol. The number of rotatable bonds is 3. The molecule has 1 aromatic carbocycles. The standard InChI is InChI=1S/C12H16N2O2S/c1-7-4-5-8(6-9(7)15)10(16)14-12(2,3)11(13)17/h4-6,15H,1-3H3,(H2,13,17)(H,14,16). The molecule has 0 saturated carbocycles. The van der Waals surface area contributed by atoms with Crippen molar-refractivity contribution in [1.29, 1.82) is 0 Å². The molecule has 0 saturated heterocycles. The molecule has 1 amide bonds. The highest BCUT2D eigenvalue weighted by atomic mass is 32.1. The molecule has 0 fully saturated rings. The van der Waals surface area contributed by atoms with Crippen LogP contribution in [0.15, 0.2) is 18.2 Å². The minimum atomic E-state index is -0.757. The van der Waals surface area contributed by atoms with Crippen molar-refractivity contribution in [2.24, 2.45) is 5.73 Å². The van der Waals surface area contributed by atoms with E-state index in [0.717, 1.165) is 5.56 Å².